The van der Waals surface area contributed by atoms with Crippen LogP contribution < -0.4 is 9.47 Å². The maximum atomic E-state index is 10.6. The number of carbonyl (C=O) groups is 2. The molecule has 0 saturated carbocycles. The molecule has 2 aromatic rings. The number of ether oxygens (including phenoxy) is 2. The van der Waals surface area contributed by atoms with Crippen molar-refractivity contribution in [2.75, 3.05) is 14.2 Å². The number of aromatic hydroxyl groups is 2. The number of phenolic OH excluding ortho intramolecular Hbond substituents is 2. The smallest absolute Gasteiger partial charge is 0.164 e. The first-order chi connectivity index (χ1) is 11.5. The van der Waals surface area contributed by atoms with Crippen LogP contribution in [0.25, 0.3) is 0 Å². The Hall–Kier alpha value is -3.02. The molecular formula is C18H20O6. The minimum Gasteiger partial charge on any atom is -0.504 e. The quantitative estimate of drug-likeness (QED) is 0.818. The van der Waals surface area contributed by atoms with E-state index in [-0.39, 0.29) is 11.5 Å². The van der Waals surface area contributed by atoms with Gasteiger partial charge in [-0.25, -0.2) is 0 Å². The molecule has 2 aromatic carbocycles. The van der Waals surface area contributed by atoms with E-state index < -0.39 is 0 Å². The Bertz CT molecular complexity index is 709. The van der Waals surface area contributed by atoms with E-state index in [9.17, 15) is 14.7 Å². The first-order valence-corrected chi connectivity index (χ1v) is 7.18. The van der Waals surface area contributed by atoms with Gasteiger partial charge in [-0.05, 0) is 36.8 Å². The molecule has 2 rings (SSSR count). The molecule has 0 unspecified atom stereocenters. The number of hydrogen-bond acceptors (Lipinski definition) is 6. The number of benzene rings is 2. The summed E-state index contributed by atoms with van der Waals surface area (Å²) in [6.45, 7) is 1.91. The monoisotopic (exact) mass is 332 g/mol. The van der Waals surface area contributed by atoms with Crippen LogP contribution in [0.5, 0.6) is 23.0 Å². The number of methoxy groups -OCH3 is 2. The van der Waals surface area contributed by atoms with E-state index in [0.29, 0.717) is 35.3 Å². The minimum atomic E-state index is 0.0399. The Balaban J connectivity index is 0.000000243. The van der Waals surface area contributed by atoms with Gasteiger partial charge >= 0.3 is 0 Å². The summed E-state index contributed by atoms with van der Waals surface area (Å²) in [5, 5.41) is 18.5. The van der Waals surface area contributed by atoms with Crippen LogP contribution in [0.1, 0.15) is 33.2 Å². The van der Waals surface area contributed by atoms with E-state index in [1.165, 1.54) is 38.5 Å². The van der Waals surface area contributed by atoms with Gasteiger partial charge in [0.25, 0.3) is 0 Å². The number of hydrogen-bond donors (Lipinski definition) is 2. The normalized spacial score (nSPS) is 9.46. The van der Waals surface area contributed by atoms with Crippen molar-refractivity contribution in [3.8, 4) is 23.0 Å². The predicted octanol–water partition coefficient (Wildman–Crippen LogP) is 2.99. The zero-order chi connectivity index (χ0) is 18.1. The van der Waals surface area contributed by atoms with E-state index in [4.69, 9.17) is 14.6 Å². The Kier molecular flexibility index (Phi) is 7.29. The van der Waals surface area contributed by atoms with Crippen LogP contribution in [0.15, 0.2) is 30.3 Å². The molecular weight excluding hydrogens is 312 g/mol. The highest BCUT2D eigenvalue weighted by atomic mass is 16.5. The summed E-state index contributed by atoms with van der Waals surface area (Å²) in [7, 11) is 2.91. The maximum Gasteiger partial charge on any atom is 0.164 e. The molecule has 0 atom stereocenters. The molecule has 0 aliphatic rings. The van der Waals surface area contributed by atoms with Crippen LogP contribution >= 0.6 is 0 Å². The SMILES string of the molecule is CCc1c(C=O)ccc(O)c1OC.COc1cc(C=O)ccc1O. The predicted molar refractivity (Wildman–Crippen MR) is 89.5 cm³/mol. The average Bonchev–Trinajstić information content (AvgIpc) is 2.62. The topological polar surface area (TPSA) is 93.1 Å². The second-order valence-corrected chi connectivity index (χ2v) is 4.71. The van der Waals surface area contributed by atoms with Crippen molar-refractivity contribution in [1.82, 2.24) is 0 Å². The van der Waals surface area contributed by atoms with E-state index in [0.717, 1.165) is 11.8 Å². The van der Waals surface area contributed by atoms with Gasteiger partial charge in [0, 0.05) is 16.7 Å². The molecule has 0 saturated heterocycles. The van der Waals surface area contributed by atoms with Gasteiger partial charge in [0.15, 0.2) is 23.0 Å². The van der Waals surface area contributed by atoms with E-state index >= 15 is 0 Å². The van der Waals surface area contributed by atoms with Crippen LogP contribution in [0.2, 0.25) is 0 Å². The third kappa shape index (κ3) is 4.49. The summed E-state index contributed by atoms with van der Waals surface area (Å²) >= 11 is 0. The Morgan fingerprint density at radius 3 is 2.12 bits per heavy atom. The molecule has 0 spiro atoms. The van der Waals surface area contributed by atoms with Crippen LogP contribution in [0, 0.1) is 0 Å². The fourth-order valence-electron chi connectivity index (χ4n) is 2.10. The summed E-state index contributed by atoms with van der Waals surface area (Å²) in [5.74, 6) is 0.824. The first-order valence-electron chi connectivity index (χ1n) is 7.18. The standard InChI is InChI=1S/C10H12O3.C8H8O3/c1-3-8-7(6-11)4-5-9(12)10(8)13-2;1-11-8-4-6(5-9)2-3-7(8)10/h4-6,12H,3H2,1-2H3;2-5,10H,1H3. The molecule has 6 heteroatoms. The number of rotatable bonds is 5. The van der Waals surface area contributed by atoms with Gasteiger partial charge < -0.3 is 19.7 Å². The molecule has 0 bridgehead atoms. The molecule has 2 N–H and O–H groups in total. The second-order valence-electron chi connectivity index (χ2n) is 4.71. The third-order valence-corrected chi connectivity index (χ3v) is 3.30. The fraction of sp³-hybridized carbons (Fsp3) is 0.222. The van der Waals surface area contributed by atoms with Crippen LogP contribution in [-0.2, 0) is 6.42 Å². The molecule has 0 aliphatic carbocycles. The lowest BCUT2D eigenvalue weighted by molar-refractivity contribution is 0.111. The van der Waals surface area contributed by atoms with Gasteiger partial charge in [-0.1, -0.05) is 6.92 Å². The van der Waals surface area contributed by atoms with E-state index in [2.05, 4.69) is 0 Å². The fourth-order valence-corrected chi connectivity index (χ4v) is 2.10. The Morgan fingerprint density at radius 1 is 0.958 bits per heavy atom. The molecule has 0 amide bonds. The van der Waals surface area contributed by atoms with Gasteiger partial charge in [-0.2, -0.15) is 0 Å². The minimum absolute atomic E-state index is 0.0399. The Morgan fingerprint density at radius 2 is 1.62 bits per heavy atom. The lowest BCUT2D eigenvalue weighted by Crippen LogP contribution is -1.96. The molecule has 0 heterocycles. The average molecular weight is 332 g/mol. The molecule has 6 nitrogen and oxygen atoms in total. The van der Waals surface area contributed by atoms with Crippen molar-refractivity contribution in [2.24, 2.45) is 0 Å². The van der Waals surface area contributed by atoms with Gasteiger partial charge in [-0.3, -0.25) is 9.59 Å². The lowest BCUT2D eigenvalue weighted by atomic mass is 10.0. The van der Waals surface area contributed by atoms with Crippen molar-refractivity contribution in [3.05, 3.63) is 47.0 Å². The van der Waals surface area contributed by atoms with Crippen molar-refractivity contribution < 1.29 is 29.3 Å². The molecule has 0 aliphatic heterocycles. The number of carbonyl (C=O) groups excluding carboxylic acids is 2. The van der Waals surface area contributed by atoms with Gasteiger partial charge in [0.1, 0.15) is 12.6 Å². The number of phenols is 2. The lowest BCUT2D eigenvalue weighted by Gasteiger charge is -2.10. The molecule has 0 radical (unpaired) electrons. The second kappa shape index (κ2) is 9.19. The van der Waals surface area contributed by atoms with Crippen LogP contribution in [-0.4, -0.2) is 37.0 Å². The van der Waals surface area contributed by atoms with Crippen molar-refractivity contribution in [1.29, 1.82) is 0 Å². The summed E-state index contributed by atoms with van der Waals surface area (Å²) in [4.78, 5) is 20.9. The third-order valence-electron chi connectivity index (χ3n) is 3.30. The van der Waals surface area contributed by atoms with E-state index in [1.54, 1.807) is 6.07 Å². The van der Waals surface area contributed by atoms with Crippen molar-refractivity contribution in [3.63, 3.8) is 0 Å². The first kappa shape index (κ1) is 19.0. The van der Waals surface area contributed by atoms with Crippen LogP contribution in [0.3, 0.4) is 0 Å². The number of aldehydes is 2. The summed E-state index contributed by atoms with van der Waals surface area (Å²) in [5.41, 5.74) is 1.80. The molecule has 0 fully saturated rings. The Labute approximate surface area is 140 Å². The highest BCUT2D eigenvalue weighted by molar-refractivity contribution is 5.79. The summed E-state index contributed by atoms with van der Waals surface area (Å²) in [6, 6.07) is 7.46. The van der Waals surface area contributed by atoms with Gasteiger partial charge in [0.05, 0.1) is 14.2 Å². The molecule has 24 heavy (non-hydrogen) atoms. The van der Waals surface area contributed by atoms with E-state index in [1.807, 2.05) is 6.92 Å². The zero-order valence-electron chi connectivity index (χ0n) is 13.8. The van der Waals surface area contributed by atoms with Crippen LogP contribution in [0.4, 0.5) is 0 Å². The summed E-state index contributed by atoms with van der Waals surface area (Å²) in [6.07, 6.45) is 2.12. The van der Waals surface area contributed by atoms with Gasteiger partial charge in [0.2, 0.25) is 0 Å². The van der Waals surface area contributed by atoms with Crippen molar-refractivity contribution in [2.45, 2.75) is 13.3 Å². The largest absolute Gasteiger partial charge is 0.504 e. The highest BCUT2D eigenvalue weighted by Gasteiger charge is 2.10. The molecule has 0 aromatic heterocycles. The zero-order valence-corrected chi connectivity index (χ0v) is 13.8. The van der Waals surface area contributed by atoms with Crippen molar-refractivity contribution >= 4 is 12.6 Å². The highest BCUT2D eigenvalue weighted by Crippen LogP contribution is 2.32. The van der Waals surface area contributed by atoms with Gasteiger partial charge in [-0.15, -0.1) is 0 Å². The maximum absolute atomic E-state index is 10.6. The molecule has 128 valence electrons. The summed E-state index contributed by atoms with van der Waals surface area (Å²) < 4.78 is 9.78.